The first-order valence-corrected chi connectivity index (χ1v) is 9.15. The topological polar surface area (TPSA) is 63.1 Å². The van der Waals surface area contributed by atoms with Crippen molar-refractivity contribution in [3.8, 4) is 0 Å². The summed E-state index contributed by atoms with van der Waals surface area (Å²) in [5.41, 5.74) is 0.479. The predicted octanol–water partition coefficient (Wildman–Crippen LogP) is 2.49. The van der Waals surface area contributed by atoms with Crippen LogP contribution < -0.4 is 5.32 Å². The van der Waals surface area contributed by atoms with Crippen molar-refractivity contribution in [2.45, 2.75) is 44.3 Å². The van der Waals surface area contributed by atoms with Crippen LogP contribution in [0.3, 0.4) is 0 Å². The summed E-state index contributed by atoms with van der Waals surface area (Å²) in [5.74, 6) is 0.0149. The Morgan fingerprint density at radius 3 is 2.79 bits per heavy atom. The van der Waals surface area contributed by atoms with E-state index in [0.717, 1.165) is 38.8 Å². The van der Waals surface area contributed by atoms with Gasteiger partial charge in [0.05, 0.1) is 18.8 Å². The molecule has 2 aromatic heterocycles. The molecule has 130 valence electrons. The molecule has 0 spiro atoms. The summed E-state index contributed by atoms with van der Waals surface area (Å²) >= 11 is 1.69. The number of rotatable bonds is 5. The van der Waals surface area contributed by atoms with Crippen LogP contribution >= 0.6 is 23.7 Å². The van der Waals surface area contributed by atoms with E-state index in [1.807, 2.05) is 21.8 Å². The molecule has 2 fully saturated rings. The number of carbonyl (C=O) groups excluding carboxylic acids is 1. The van der Waals surface area contributed by atoms with Gasteiger partial charge in [-0.05, 0) is 50.2 Å². The average Bonchev–Trinajstić information content (AvgIpc) is 3.10. The lowest BCUT2D eigenvalue weighted by atomic mass is 10.1. The highest BCUT2D eigenvalue weighted by atomic mass is 35.5. The fraction of sp³-hybridized carbons (Fsp3) is 0.562. The van der Waals surface area contributed by atoms with E-state index in [9.17, 15) is 4.79 Å². The van der Waals surface area contributed by atoms with E-state index in [2.05, 4.69) is 27.1 Å². The summed E-state index contributed by atoms with van der Waals surface area (Å²) in [6.45, 7) is 2.68. The Bertz CT molecular complexity index is 664. The number of piperidine rings is 1. The van der Waals surface area contributed by atoms with E-state index < -0.39 is 0 Å². The summed E-state index contributed by atoms with van der Waals surface area (Å²) < 4.78 is 1.88. The van der Waals surface area contributed by atoms with Gasteiger partial charge in [0.25, 0.3) is 5.91 Å². The van der Waals surface area contributed by atoms with E-state index >= 15 is 0 Å². The number of nitrogens with one attached hydrogen (secondary N) is 1. The summed E-state index contributed by atoms with van der Waals surface area (Å²) in [7, 11) is 0. The zero-order chi connectivity index (χ0) is 15.6. The minimum Gasteiger partial charge on any atom is -0.329 e. The molecule has 1 amide bonds. The molecule has 8 heteroatoms. The Balaban J connectivity index is 0.00000169. The third kappa shape index (κ3) is 3.79. The Morgan fingerprint density at radius 2 is 2.12 bits per heavy atom. The molecule has 0 atom stereocenters. The highest BCUT2D eigenvalue weighted by Crippen LogP contribution is 2.30. The van der Waals surface area contributed by atoms with Gasteiger partial charge in [0.2, 0.25) is 0 Å². The van der Waals surface area contributed by atoms with Gasteiger partial charge in [0, 0.05) is 10.9 Å². The fourth-order valence-electron chi connectivity index (χ4n) is 3.09. The number of nitrogens with zero attached hydrogens (tertiary/aromatic N) is 4. The molecule has 6 nitrogen and oxygen atoms in total. The normalized spacial score (nSPS) is 18.2. The largest absolute Gasteiger partial charge is 0.329 e. The molecular formula is C16H22ClN5OS. The maximum Gasteiger partial charge on any atom is 0.276 e. The van der Waals surface area contributed by atoms with Gasteiger partial charge in [0.1, 0.15) is 0 Å². The van der Waals surface area contributed by atoms with Gasteiger partial charge in [-0.3, -0.25) is 4.79 Å². The van der Waals surface area contributed by atoms with Gasteiger partial charge in [0.15, 0.2) is 5.69 Å². The average molecular weight is 368 g/mol. The van der Waals surface area contributed by atoms with E-state index in [0.29, 0.717) is 24.3 Å². The van der Waals surface area contributed by atoms with E-state index in [1.54, 1.807) is 11.3 Å². The zero-order valence-electron chi connectivity index (χ0n) is 13.4. The van der Waals surface area contributed by atoms with Gasteiger partial charge < -0.3 is 10.2 Å². The molecule has 1 aliphatic heterocycles. The standard InChI is InChI=1S/C16H21N5OS.ClH/c22-16(20(12-3-4-12)10-14-2-1-9-23-14)15-11-21(19-18-15)13-5-7-17-8-6-13;/h1-2,9,11-13,17H,3-8,10H2;1H. The second-order valence-electron chi connectivity index (χ2n) is 6.31. The molecule has 3 heterocycles. The molecule has 1 aliphatic carbocycles. The van der Waals surface area contributed by atoms with Crippen molar-refractivity contribution < 1.29 is 4.79 Å². The van der Waals surface area contributed by atoms with Crippen LogP contribution in [0, 0.1) is 0 Å². The Morgan fingerprint density at radius 1 is 1.33 bits per heavy atom. The smallest absolute Gasteiger partial charge is 0.276 e. The molecule has 1 saturated heterocycles. The number of thiophene rings is 1. The lowest BCUT2D eigenvalue weighted by Crippen LogP contribution is -2.32. The molecule has 0 radical (unpaired) electrons. The van der Waals surface area contributed by atoms with Crippen LogP contribution in [0.1, 0.15) is 47.1 Å². The van der Waals surface area contributed by atoms with Gasteiger partial charge in [-0.25, -0.2) is 4.68 Å². The van der Waals surface area contributed by atoms with Gasteiger partial charge in [-0.15, -0.1) is 28.8 Å². The molecule has 24 heavy (non-hydrogen) atoms. The number of hydrogen-bond acceptors (Lipinski definition) is 5. The minimum atomic E-state index is 0. The molecule has 2 aromatic rings. The van der Waals surface area contributed by atoms with Crippen molar-refractivity contribution in [1.29, 1.82) is 0 Å². The molecule has 0 bridgehead atoms. The van der Waals surface area contributed by atoms with Crippen molar-refractivity contribution in [2.75, 3.05) is 13.1 Å². The van der Waals surface area contributed by atoms with Crippen LogP contribution in [0.5, 0.6) is 0 Å². The summed E-state index contributed by atoms with van der Waals surface area (Å²) in [6, 6.07) is 4.84. The lowest BCUT2D eigenvalue weighted by molar-refractivity contribution is 0.0725. The molecule has 1 N–H and O–H groups in total. The van der Waals surface area contributed by atoms with Crippen LogP contribution in [0.15, 0.2) is 23.7 Å². The first-order chi connectivity index (χ1) is 11.3. The van der Waals surface area contributed by atoms with Crippen molar-refractivity contribution >= 4 is 29.7 Å². The molecule has 1 saturated carbocycles. The minimum absolute atomic E-state index is 0. The van der Waals surface area contributed by atoms with E-state index in [-0.39, 0.29) is 18.3 Å². The van der Waals surface area contributed by atoms with Crippen molar-refractivity contribution in [3.63, 3.8) is 0 Å². The van der Waals surface area contributed by atoms with Gasteiger partial charge in [-0.1, -0.05) is 11.3 Å². The first kappa shape index (κ1) is 17.4. The number of amides is 1. The number of halogens is 1. The first-order valence-electron chi connectivity index (χ1n) is 8.27. The third-order valence-electron chi connectivity index (χ3n) is 4.57. The summed E-state index contributed by atoms with van der Waals surface area (Å²) in [4.78, 5) is 16.0. The number of hydrogen-bond donors (Lipinski definition) is 1. The third-order valence-corrected chi connectivity index (χ3v) is 5.43. The van der Waals surface area contributed by atoms with Crippen molar-refractivity contribution in [3.05, 3.63) is 34.3 Å². The maximum atomic E-state index is 12.9. The Hall–Kier alpha value is -1.44. The van der Waals surface area contributed by atoms with Crippen LogP contribution in [0.2, 0.25) is 0 Å². The van der Waals surface area contributed by atoms with Crippen LogP contribution in [-0.4, -0.2) is 44.9 Å². The fourth-order valence-corrected chi connectivity index (χ4v) is 3.80. The quantitative estimate of drug-likeness (QED) is 0.881. The SMILES string of the molecule is Cl.O=C(c1cn(C2CCNCC2)nn1)N(Cc1cccs1)C1CC1. The second kappa shape index (κ2) is 7.63. The van der Waals surface area contributed by atoms with Crippen LogP contribution in [0.4, 0.5) is 0 Å². The van der Waals surface area contributed by atoms with E-state index in [1.165, 1.54) is 4.88 Å². The van der Waals surface area contributed by atoms with Crippen LogP contribution in [0.25, 0.3) is 0 Å². The monoisotopic (exact) mass is 367 g/mol. The highest BCUT2D eigenvalue weighted by molar-refractivity contribution is 7.09. The second-order valence-corrected chi connectivity index (χ2v) is 7.34. The number of carbonyl (C=O) groups is 1. The van der Waals surface area contributed by atoms with Crippen molar-refractivity contribution in [2.24, 2.45) is 0 Å². The maximum absolute atomic E-state index is 12.9. The molecular weight excluding hydrogens is 346 g/mol. The summed E-state index contributed by atoms with van der Waals surface area (Å²) in [6.07, 6.45) is 6.11. The number of aromatic nitrogens is 3. The molecule has 0 unspecified atom stereocenters. The van der Waals surface area contributed by atoms with Gasteiger partial charge >= 0.3 is 0 Å². The summed E-state index contributed by atoms with van der Waals surface area (Å²) in [5, 5.41) is 13.8. The van der Waals surface area contributed by atoms with Crippen LogP contribution in [-0.2, 0) is 6.54 Å². The Kier molecular flexibility index (Phi) is 5.53. The molecule has 2 aliphatic rings. The van der Waals surface area contributed by atoms with Gasteiger partial charge in [-0.2, -0.15) is 0 Å². The zero-order valence-corrected chi connectivity index (χ0v) is 15.1. The Labute approximate surface area is 151 Å². The van der Waals surface area contributed by atoms with Crippen molar-refractivity contribution in [1.82, 2.24) is 25.2 Å². The lowest BCUT2D eigenvalue weighted by Gasteiger charge is -2.22. The van der Waals surface area contributed by atoms with E-state index in [4.69, 9.17) is 0 Å². The molecule has 0 aromatic carbocycles. The predicted molar refractivity (Wildman–Crippen MR) is 95.6 cm³/mol. The molecule has 4 rings (SSSR count). The highest BCUT2D eigenvalue weighted by Gasteiger charge is 2.34.